The van der Waals surface area contributed by atoms with Gasteiger partial charge >= 0.3 is 0 Å². The highest BCUT2D eigenvalue weighted by Gasteiger charge is 2.35. The average molecular weight is 678 g/mol. The first kappa shape index (κ1) is 29.8. The van der Waals surface area contributed by atoms with Crippen molar-refractivity contribution in [1.82, 2.24) is 16.0 Å². The molecule has 1 saturated heterocycles. The Morgan fingerprint density at radius 2 is 1.23 bits per heavy atom. The second-order valence-electron chi connectivity index (χ2n) is 14.2. The minimum Gasteiger partial charge on any atom is -0.460 e. The normalized spacial score (nSPS) is 20.6. The van der Waals surface area contributed by atoms with E-state index in [9.17, 15) is 0 Å². The summed E-state index contributed by atoms with van der Waals surface area (Å²) in [5, 5.41) is 17.3. The zero-order chi connectivity index (χ0) is 34.3. The number of benzene rings is 6. The number of nitrogens with one attached hydrogen (secondary N) is 3. The predicted octanol–water partition coefficient (Wildman–Crippen LogP) is 11.3. The lowest BCUT2D eigenvalue weighted by Crippen LogP contribution is -2.59. The van der Waals surface area contributed by atoms with E-state index in [1.807, 2.05) is 24.3 Å². The summed E-state index contributed by atoms with van der Waals surface area (Å²) in [6, 6.07) is 46.6. The Bertz CT molecular complexity index is 2860. The molecule has 6 heteroatoms. The van der Waals surface area contributed by atoms with Crippen molar-refractivity contribution in [2.24, 2.45) is 0 Å². The molecule has 52 heavy (non-hydrogen) atoms. The molecule has 0 spiro atoms. The molecule has 1 fully saturated rings. The minimum absolute atomic E-state index is 0.0859. The zero-order valence-electron chi connectivity index (χ0n) is 28.5. The molecular weight excluding hydrogens is 643 g/mol. The van der Waals surface area contributed by atoms with Crippen molar-refractivity contribution >= 4 is 60.9 Å². The van der Waals surface area contributed by atoms with Crippen LogP contribution in [0, 0.1) is 0 Å². The minimum atomic E-state index is -0.190. The van der Waals surface area contributed by atoms with E-state index >= 15 is 0 Å². The maximum absolute atomic E-state index is 6.75. The van der Waals surface area contributed by atoms with Gasteiger partial charge in [-0.05, 0) is 65.1 Å². The maximum atomic E-state index is 6.75. The van der Waals surface area contributed by atoms with E-state index in [0.29, 0.717) is 0 Å². The monoisotopic (exact) mass is 677 g/mol. The Labute approximate surface area is 299 Å². The van der Waals surface area contributed by atoms with Crippen LogP contribution in [0.25, 0.3) is 72.0 Å². The van der Waals surface area contributed by atoms with Crippen molar-refractivity contribution in [3.63, 3.8) is 0 Å². The number of hydrogen-bond donors (Lipinski definition) is 3. The summed E-state index contributed by atoms with van der Waals surface area (Å²) in [7, 11) is 0. The molecular formula is C46H35N3O3. The first-order chi connectivity index (χ1) is 25.7. The first-order valence-electron chi connectivity index (χ1n) is 18.1. The second kappa shape index (κ2) is 11.6. The van der Waals surface area contributed by atoms with E-state index in [1.54, 1.807) is 0 Å². The van der Waals surface area contributed by atoms with Gasteiger partial charge in [0.2, 0.25) is 0 Å². The van der Waals surface area contributed by atoms with Crippen LogP contribution < -0.4 is 16.0 Å². The highest BCUT2D eigenvalue weighted by atomic mass is 16.3. The third-order valence-electron chi connectivity index (χ3n) is 11.0. The van der Waals surface area contributed by atoms with Gasteiger partial charge in [-0.1, -0.05) is 110 Å². The fraction of sp³-hybridized carbons (Fsp3) is 0.130. The van der Waals surface area contributed by atoms with Crippen molar-refractivity contribution in [3.8, 4) is 11.1 Å². The highest BCUT2D eigenvalue weighted by Crippen LogP contribution is 2.43. The number of hydrogen-bond acceptors (Lipinski definition) is 6. The number of fused-ring (bicyclic) bond motifs is 9. The van der Waals surface area contributed by atoms with Crippen LogP contribution in [0.15, 0.2) is 152 Å². The molecule has 4 heterocycles. The fourth-order valence-electron chi connectivity index (χ4n) is 8.60. The highest BCUT2D eigenvalue weighted by molar-refractivity contribution is 6.14. The summed E-state index contributed by atoms with van der Waals surface area (Å²) in [6.07, 6.45) is 2.86. The molecule has 0 bridgehead atoms. The van der Waals surface area contributed by atoms with Crippen LogP contribution in [0.3, 0.4) is 0 Å². The molecule has 1 aliphatic carbocycles. The molecule has 4 unspecified atom stereocenters. The number of rotatable bonds is 4. The van der Waals surface area contributed by atoms with E-state index in [4.69, 9.17) is 13.3 Å². The van der Waals surface area contributed by atoms with Gasteiger partial charge in [0.15, 0.2) is 0 Å². The van der Waals surface area contributed by atoms with Crippen molar-refractivity contribution in [1.29, 1.82) is 0 Å². The van der Waals surface area contributed by atoms with Gasteiger partial charge < -0.3 is 13.3 Å². The van der Waals surface area contributed by atoms with Gasteiger partial charge in [0.1, 0.15) is 33.7 Å². The van der Waals surface area contributed by atoms with E-state index in [0.717, 1.165) is 83.7 Å². The molecule has 0 radical (unpaired) electrons. The van der Waals surface area contributed by atoms with E-state index in [-0.39, 0.29) is 24.4 Å². The van der Waals surface area contributed by atoms with Crippen LogP contribution in [0.5, 0.6) is 0 Å². The molecule has 9 aromatic rings. The standard InChI is InChI=1S/C46H35N3O3/c1-26-23-29(25-36-31-13-5-7-18-37(31)51-42(26)36)45-47-44(27-11-3-2-4-12-27)48-46(49-45)34-17-9-16-32-35-24-28(21-22-39(35)52-43(32)34)30-15-10-20-40-41(30)33-14-6-8-19-38(33)50-40/h2-22,24-26,44-49H,23H2,1H3. The van der Waals surface area contributed by atoms with Crippen LogP contribution in [0.2, 0.25) is 0 Å². The third-order valence-corrected chi connectivity index (χ3v) is 11.0. The van der Waals surface area contributed by atoms with Crippen molar-refractivity contribution < 1.29 is 13.3 Å². The molecule has 252 valence electrons. The summed E-state index contributed by atoms with van der Waals surface area (Å²) in [5.41, 5.74) is 11.5. The summed E-state index contributed by atoms with van der Waals surface area (Å²) in [6.45, 7) is 2.26. The number of furan rings is 3. The molecule has 3 aromatic heterocycles. The lowest BCUT2D eigenvalue weighted by molar-refractivity contribution is 0.219. The Hall–Kier alpha value is -5.92. The summed E-state index contributed by atoms with van der Waals surface area (Å²) >= 11 is 0. The molecule has 6 aromatic carbocycles. The molecule has 2 aliphatic rings. The van der Waals surface area contributed by atoms with Crippen LogP contribution in [-0.4, -0.2) is 6.17 Å². The van der Waals surface area contributed by atoms with Gasteiger partial charge in [0, 0.05) is 44.0 Å². The Morgan fingerprint density at radius 3 is 2.12 bits per heavy atom. The molecule has 6 nitrogen and oxygen atoms in total. The predicted molar refractivity (Wildman–Crippen MR) is 209 cm³/mol. The Balaban J connectivity index is 1.02. The number of para-hydroxylation sites is 3. The van der Waals surface area contributed by atoms with Gasteiger partial charge in [-0.15, -0.1) is 0 Å². The van der Waals surface area contributed by atoms with Gasteiger partial charge in [-0.25, -0.2) is 0 Å². The average Bonchev–Trinajstić information content (AvgIpc) is 3.89. The summed E-state index contributed by atoms with van der Waals surface area (Å²) in [4.78, 5) is 0. The molecule has 0 saturated carbocycles. The molecule has 11 rings (SSSR count). The van der Waals surface area contributed by atoms with Crippen molar-refractivity contribution in [2.45, 2.75) is 37.8 Å². The Kier molecular flexibility index (Phi) is 6.61. The van der Waals surface area contributed by atoms with E-state index < -0.39 is 0 Å². The van der Waals surface area contributed by atoms with Crippen LogP contribution in [0.1, 0.15) is 54.0 Å². The maximum Gasteiger partial charge on any atom is 0.141 e. The van der Waals surface area contributed by atoms with Gasteiger partial charge in [0.25, 0.3) is 0 Å². The molecule has 3 N–H and O–H groups in total. The van der Waals surface area contributed by atoms with Crippen molar-refractivity contribution in [2.75, 3.05) is 0 Å². The third kappa shape index (κ3) is 4.62. The molecule has 4 atom stereocenters. The first-order valence-corrected chi connectivity index (χ1v) is 18.1. The second-order valence-corrected chi connectivity index (χ2v) is 14.2. The smallest absolute Gasteiger partial charge is 0.141 e. The summed E-state index contributed by atoms with van der Waals surface area (Å²) in [5.74, 6) is 1.33. The van der Waals surface area contributed by atoms with Crippen LogP contribution >= 0.6 is 0 Å². The fourth-order valence-corrected chi connectivity index (χ4v) is 8.60. The van der Waals surface area contributed by atoms with Gasteiger partial charge in [-0.2, -0.15) is 0 Å². The van der Waals surface area contributed by atoms with E-state index in [2.05, 4.69) is 138 Å². The largest absolute Gasteiger partial charge is 0.460 e. The van der Waals surface area contributed by atoms with E-state index in [1.165, 1.54) is 16.7 Å². The lowest BCUT2D eigenvalue weighted by atomic mass is 9.86. The zero-order valence-corrected chi connectivity index (χ0v) is 28.5. The lowest BCUT2D eigenvalue weighted by Gasteiger charge is -2.41. The summed E-state index contributed by atoms with van der Waals surface area (Å²) < 4.78 is 19.3. The van der Waals surface area contributed by atoms with Crippen LogP contribution in [0.4, 0.5) is 0 Å². The van der Waals surface area contributed by atoms with Crippen molar-refractivity contribution in [3.05, 3.63) is 161 Å². The van der Waals surface area contributed by atoms with Gasteiger partial charge in [-0.3, -0.25) is 16.0 Å². The topological polar surface area (TPSA) is 75.5 Å². The SMILES string of the molecule is CC1CC(C2NC(c3ccccc3)NC(c3cccc4c3oc3ccc(-c5cccc6oc7ccccc7c56)cc34)N2)=Cc2c1oc1ccccc21. The van der Waals surface area contributed by atoms with Crippen LogP contribution in [-0.2, 0) is 0 Å². The Morgan fingerprint density at radius 1 is 0.538 bits per heavy atom. The molecule has 1 aliphatic heterocycles. The molecule has 0 amide bonds. The van der Waals surface area contributed by atoms with Gasteiger partial charge in [0.05, 0.1) is 18.5 Å². The quantitative estimate of drug-likeness (QED) is 0.172.